The van der Waals surface area contributed by atoms with E-state index in [1.165, 1.54) is 6.42 Å². The Balaban J connectivity index is 2.07. The SMILES string of the molecule is C[C@@H]1CCCN(C(=O)c2cc(N)n[nH]2)C1. The van der Waals surface area contributed by atoms with Gasteiger partial charge < -0.3 is 10.6 Å². The highest BCUT2D eigenvalue weighted by atomic mass is 16.2. The maximum absolute atomic E-state index is 12.0. The van der Waals surface area contributed by atoms with Crippen LogP contribution in [0, 0.1) is 5.92 Å². The van der Waals surface area contributed by atoms with Crippen LogP contribution in [0.1, 0.15) is 30.3 Å². The zero-order chi connectivity index (χ0) is 10.8. The Hall–Kier alpha value is -1.52. The van der Waals surface area contributed by atoms with E-state index in [4.69, 9.17) is 5.73 Å². The van der Waals surface area contributed by atoms with E-state index < -0.39 is 0 Å². The first-order valence-electron chi connectivity index (χ1n) is 5.27. The lowest BCUT2D eigenvalue weighted by Crippen LogP contribution is -2.39. The van der Waals surface area contributed by atoms with Gasteiger partial charge in [0.25, 0.3) is 5.91 Å². The van der Waals surface area contributed by atoms with Crippen molar-refractivity contribution in [3.8, 4) is 0 Å². The molecule has 1 aromatic heterocycles. The average Bonchev–Trinajstić information content (AvgIpc) is 2.64. The maximum atomic E-state index is 12.0. The van der Waals surface area contributed by atoms with E-state index in [0.29, 0.717) is 17.4 Å². The Bertz CT molecular complexity index is 360. The van der Waals surface area contributed by atoms with Gasteiger partial charge in [-0.2, -0.15) is 5.10 Å². The summed E-state index contributed by atoms with van der Waals surface area (Å²) in [4.78, 5) is 13.8. The fraction of sp³-hybridized carbons (Fsp3) is 0.600. The fourth-order valence-electron chi connectivity index (χ4n) is 1.99. The molecular weight excluding hydrogens is 192 g/mol. The summed E-state index contributed by atoms with van der Waals surface area (Å²) in [5, 5.41) is 6.41. The summed E-state index contributed by atoms with van der Waals surface area (Å²) in [6, 6.07) is 1.58. The van der Waals surface area contributed by atoms with Gasteiger partial charge in [-0.25, -0.2) is 0 Å². The average molecular weight is 208 g/mol. The summed E-state index contributed by atoms with van der Waals surface area (Å²) < 4.78 is 0. The molecule has 0 saturated carbocycles. The molecule has 1 aliphatic heterocycles. The third kappa shape index (κ3) is 2.11. The van der Waals surface area contributed by atoms with E-state index in [-0.39, 0.29) is 5.91 Å². The summed E-state index contributed by atoms with van der Waals surface area (Å²) in [6.07, 6.45) is 2.28. The number of carbonyl (C=O) groups excluding carboxylic acids is 1. The minimum absolute atomic E-state index is 0.00532. The van der Waals surface area contributed by atoms with Gasteiger partial charge in [0.05, 0.1) is 0 Å². The molecule has 1 atom stereocenters. The number of nitrogens with two attached hydrogens (primary N) is 1. The third-order valence-corrected chi connectivity index (χ3v) is 2.77. The van der Waals surface area contributed by atoms with E-state index in [1.54, 1.807) is 6.07 Å². The van der Waals surface area contributed by atoms with Gasteiger partial charge in [-0.15, -0.1) is 0 Å². The van der Waals surface area contributed by atoms with Crippen molar-refractivity contribution in [2.24, 2.45) is 5.92 Å². The fourth-order valence-corrected chi connectivity index (χ4v) is 1.99. The monoisotopic (exact) mass is 208 g/mol. The van der Waals surface area contributed by atoms with E-state index in [0.717, 1.165) is 19.5 Å². The topological polar surface area (TPSA) is 75.0 Å². The normalized spacial score (nSPS) is 21.7. The first-order valence-corrected chi connectivity index (χ1v) is 5.27. The molecule has 0 bridgehead atoms. The van der Waals surface area contributed by atoms with Crippen LogP contribution >= 0.6 is 0 Å². The second-order valence-corrected chi connectivity index (χ2v) is 4.21. The molecule has 0 unspecified atom stereocenters. The highest BCUT2D eigenvalue weighted by Gasteiger charge is 2.22. The molecule has 1 aromatic rings. The van der Waals surface area contributed by atoms with Crippen molar-refractivity contribution in [1.29, 1.82) is 0 Å². The summed E-state index contributed by atoms with van der Waals surface area (Å²) in [5.41, 5.74) is 5.95. The minimum Gasteiger partial charge on any atom is -0.382 e. The highest BCUT2D eigenvalue weighted by molar-refractivity contribution is 5.93. The van der Waals surface area contributed by atoms with E-state index >= 15 is 0 Å². The summed E-state index contributed by atoms with van der Waals surface area (Å²) in [7, 11) is 0. The number of aromatic nitrogens is 2. The number of piperidine rings is 1. The van der Waals surface area contributed by atoms with Crippen molar-refractivity contribution in [3.63, 3.8) is 0 Å². The molecule has 15 heavy (non-hydrogen) atoms. The molecule has 82 valence electrons. The van der Waals surface area contributed by atoms with Crippen LogP contribution < -0.4 is 5.73 Å². The molecule has 5 heteroatoms. The highest BCUT2D eigenvalue weighted by Crippen LogP contribution is 2.17. The molecule has 1 saturated heterocycles. The maximum Gasteiger partial charge on any atom is 0.271 e. The molecule has 0 aliphatic carbocycles. The molecule has 0 radical (unpaired) electrons. The number of nitrogens with zero attached hydrogens (tertiary/aromatic N) is 2. The van der Waals surface area contributed by atoms with Crippen molar-refractivity contribution in [2.75, 3.05) is 18.8 Å². The predicted octanol–water partition coefficient (Wildman–Crippen LogP) is 0.864. The lowest BCUT2D eigenvalue weighted by molar-refractivity contribution is 0.0677. The van der Waals surface area contributed by atoms with Crippen LogP contribution in [0.5, 0.6) is 0 Å². The molecule has 5 nitrogen and oxygen atoms in total. The number of nitrogens with one attached hydrogen (secondary N) is 1. The quantitative estimate of drug-likeness (QED) is 0.719. The van der Waals surface area contributed by atoms with Crippen LogP contribution in [-0.4, -0.2) is 34.1 Å². The van der Waals surface area contributed by atoms with Gasteiger partial charge >= 0.3 is 0 Å². The smallest absolute Gasteiger partial charge is 0.271 e. The number of nitrogen functional groups attached to an aromatic ring is 1. The summed E-state index contributed by atoms with van der Waals surface area (Å²) in [5.74, 6) is 0.956. The number of amides is 1. The Kier molecular flexibility index (Phi) is 2.62. The first kappa shape index (κ1) is 10.0. The number of anilines is 1. The molecule has 1 fully saturated rings. The van der Waals surface area contributed by atoms with Crippen LogP contribution in [0.15, 0.2) is 6.07 Å². The van der Waals surface area contributed by atoms with Crippen LogP contribution in [-0.2, 0) is 0 Å². The molecule has 1 amide bonds. The van der Waals surface area contributed by atoms with Gasteiger partial charge in [0.2, 0.25) is 0 Å². The molecule has 2 rings (SSSR count). The lowest BCUT2D eigenvalue weighted by atomic mass is 10.00. The van der Waals surface area contributed by atoms with Gasteiger partial charge in [0, 0.05) is 19.2 Å². The summed E-state index contributed by atoms with van der Waals surface area (Å²) >= 11 is 0. The van der Waals surface area contributed by atoms with Gasteiger partial charge in [0.15, 0.2) is 0 Å². The number of likely N-dealkylation sites (tertiary alicyclic amines) is 1. The molecule has 1 aliphatic rings. The predicted molar refractivity (Wildman–Crippen MR) is 57.3 cm³/mol. The van der Waals surface area contributed by atoms with Crippen molar-refractivity contribution in [1.82, 2.24) is 15.1 Å². The van der Waals surface area contributed by atoms with Crippen LogP contribution in [0.2, 0.25) is 0 Å². The largest absolute Gasteiger partial charge is 0.382 e. The van der Waals surface area contributed by atoms with E-state index in [2.05, 4.69) is 17.1 Å². The van der Waals surface area contributed by atoms with Crippen molar-refractivity contribution < 1.29 is 4.79 Å². The number of hydrogen-bond acceptors (Lipinski definition) is 3. The van der Waals surface area contributed by atoms with Crippen molar-refractivity contribution in [2.45, 2.75) is 19.8 Å². The van der Waals surface area contributed by atoms with Gasteiger partial charge in [-0.05, 0) is 18.8 Å². The van der Waals surface area contributed by atoms with Crippen LogP contribution in [0.4, 0.5) is 5.82 Å². The van der Waals surface area contributed by atoms with Crippen molar-refractivity contribution >= 4 is 11.7 Å². The minimum atomic E-state index is 0.00532. The van der Waals surface area contributed by atoms with Gasteiger partial charge in [-0.3, -0.25) is 9.89 Å². The number of aromatic amines is 1. The zero-order valence-electron chi connectivity index (χ0n) is 8.86. The Morgan fingerprint density at radius 1 is 1.73 bits per heavy atom. The standard InChI is InChI=1S/C10H16N4O/c1-7-3-2-4-14(6-7)10(15)8-5-9(11)13-12-8/h5,7H,2-4,6H2,1H3,(H3,11,12,13)/t7-/m1/s1. The molecule has 0 spiro atoms. The molecule has 0 aromatic carbocycles. The van der Waals surface area contributed by atoms with E-state index in [9.17, 15) is 4.79 Å². The third-order valence-electron chi connectivity index (χ3n) is 2.77. The molecular formula is C10H16N4O. The molecule has 3 N–H and O–H groups in total. The summed E-state index contributed by atoms with van der Waals surface area (Å²) in [6.45, 7) is 3.83. The van der Waals surface area contributed by atoms with Crippen molar-refractivity contribution in [3.05, 3.63) is 11.8 Å². The van der Waals surface area contributed by atoms with E-state index in [1.807, 2.05) is 4.90 Å². The zero-order valence-corrected chi connectivity index (χ0v) is 8.86. The number of hydrogen-bond donors (Lipinski definition) is 2. The van der Waals surface area contributed by atoms with Crippen LogP contribution in [0.3, 0.4) is 0 Å². The lowest BCUT2D eigenvalue weighted by Gasteiger charge is -2.30. The number of H-pyrrole nitrogens is 1. The number of rotatable bonds is 1. The van der Waals surface area contributed by atoms with Gasteiger partial charge in [-0.1, -0.05) is 6.92 Å². The molecule has 2 heterocycles. The Morgan fingerprint density at radius 3 is 3.13 bits per heavy atom. The van der Waals surface area contributed by atoms with Crippen LogP contribution in [0.25, 0.3) is 0 Å². The Morgan fingerprint density at radius 2 is 2.53 bits per heavy atom. The van der Waals surface area contributed by atoms with Gasteiger partial charge in [0.1, 0.15) is 11.5 Å². The second kappa shape index (κ2) is 3.92. The first-order chi connectivity index (χ1) is 7.16. The second-order valence-electron chi connectivity index (χ2n) is 4.21. The number of carbonyl (C=O) groups is 1. The Labute approximate surface area is 88.6 Å².